The van der Waals surface area contributed by atoms with Crippen molar-refractivity contribution in [3.63, 3.8) is 0 Å². The van der Waals surface area contributed by atoms with Gasteiger partial charge in [-0.3, -0.25) is 9.48 Å². The first-order chi connectivity index (χ1) is 13.1. The summed E-state index contributed by atoms with van der Waals surface area (Å²) in [5.41, 5.74) is 1.59. The van der Waals surface area contributed by atoms with Crippen LogP contribution in [0.4, 0.5) is 8.78 Å². The molecule has 0 saturated carbocycles. The predicted molar refractivity (Wildman–Crippen MR) is 92.5 cm³/mol. The second-order valence-corrected chi connectivity index (χ2v) is 6.48. The molecule has 1 aromatic carbocycles. The zero-order valence-electron chi connectivity index (χ0n) is 14.7. The second-order valence-electron chi connectivity index (χ2n) is 6.48. The lowest BCUT2D eigenvalue weighted by atomic mass is 10.0. The van der Waals surface area contributed by atoms with E-state index in [9.17, 15) is 13.6 Å². The summed E-state index contributed by atoms with van der Waals surface area (Å²) in [5.74, 6) is -1.23. The molecule has 3 heterocycles. The van der Waals surface area contributed by atoms with Crippen LogP contribution in [0.5, 0.6) is 0 Å². The molecule has 0 unspecified atom stereocenters. The van der Waals surface area contributed by atoms with Gasteiger partial charge in [0.15, 0.2) is 11.6 Å². The van der Waals surface area contributed by atoms with Crippen LogP contribution in [0.3, 0.4) is 0 Å². The molecule has 1 atom stereocenters. The number of hydrogen-bond donors (Lipinski definition) is 0. The zero-order chi connectivity index (χ0) is 19.0. The fourth-order valence-corrected chi connectivity index (χ4v) is 3.42. The Morgan fingerprint density at radius 1 is 1.33 bits per heavy atom. The second kappa shape index (κ2) is 6.94. The van der Waals surface area contributed by atoms with Gasteiger partial charge < -0.3 is 9.42 Å². The molecule has 0 aliphatic carbocycles. The van der Waals surface area contributed by atoms with Gasteiger partial charge in [0.05, 0.1) is 6.54 Å². The van der Waals surface area contributed by atoms with E-state index in [1.165, 1.54) is 6.07 Å². The molecule has 6 nitrogen and oxygen atoms in total. The van der Waals surface area contributed by atoms with Crippen LogP contribution in [-0.2, 0) is 17.8 Å². The summed E-state index contributed by atoms with van der Waals surface area (Å²) in [6.07, 6.45) is 4.55. The molecule has 2 aromatic heterocycles. The number of carbonyl (C=O) groups excluding carboxylic acids is 1. The van der Waals surface area contributed by atoms with Gasteiger partial charge >= 0.3 is 0 Å². The lowest BCUT2D eigenvalue weighted by Crippen LogP contribution is -2.40. The third-order valence-corrected chi connectivity index (χ3v) is 4.85. The summed E-state index contributed by atoms with van der Waals surface area (Å²) in [7, 11) is 0. The van der Waals surface area contributed by atoms with Crippen LogP contribution in [0.25, 0.3) is 11.3 Å². The highest BCUT2D eigenvalue weighted by atomic mass is 19.2. The molecule has 8 heteroatoms. The largest absolute Gasteiger partial charge is 0.360 e. The summed E-state index contributed by atoms with van der Waals surface area (Å²) in [5, 5.41) is 8.21. The minimum atomic E-state index is -0.947. The van der Waals surface area contributed by atoms with Gasteiger partial charge in [-0.05, 0) is 30.7 Å². The van der Waals surface area contributed by atoms with E-state index in [0.29, 0.717) is 42.9 Å². The summed E-state index contributed by atoms with van der Waals surface area (Å²) in [6.45, 7) is 2.76. The monoisotopic (exact) mass is 372 g/mol. The van der Waals surface area contributed by atoms with Crippen molar-refractivity contribution in [1.82, 2.24) is 19.8 Å². The number of benzene rings is 1. The molecule has 0 radical (unpaired) electrons. The minimum absolute atomic E-state index is 0.0377. The number of carbonyl (C=O) groups is 1. The fraction of sp³-hybridized carbons (Fsp3) is 0.316. The summed E-state index contributed by atoms with van der Waals surface area (Å²) in [6, 6.07) is 5.00. The van der Waals surface area contributed by atoms with Crippen LogP contribution in [0, 0.1) is 11.6 Å². The van der Waals surface area contributed by atoms with Gasteiger partial charge in [-0.25, -0.2) is 8.78 Å². The Balaban J connectivity index is 1.62. The minimum Gasteiger partial charge on any atom is -0.360 e. The third-order valence-electron chi connectivity index (χ3n) is 4.85. The standard InChI is InChI=1S/C19H18F2N4O2/c1-2-16(25-8-3-7-22-25)19(26)24-9-6-17-13(11-24)18(23-27-17)12-4-5-14(20)15(21)10-12/h3-5,7-8,10,16H,2,6,9,11H2,1H3/t16-/m1/s1. The van der Waals surface area contributed by atoms with Crippen molar-refractivity contribution in [3.05, 3.63) is 59.6 Å². The number of nitrogens with zero attached hydrogens (tertiary/aromatic N) is 4. The van der Waals surface area contributed by atoms with Crippen molar-refractivity contribution < 1.29 is 18.1 Å². The highest BCUT2D eigenvalue weighted by molar-refractivity contribution is 5.81. The van der Waals surface area contributed by atoms with Crippen molar-refractivity contribution in [2.24, 2.45) is 0 Å². The molecule has 0 saturated heterocycles. The lowest BCUT2D eigenvalue weighted by Gasteiger charge is -2.29. The summed E-state index contributed by atoms with van der Waals surface area (Å²) < 4.78 is 33.9. The normalized spacial score (nSPS) is 14.9. The number of amides is 1. The Morgan fingerprint density at radius 2 is 2.19 bits per heavy atom. The van der Waals surface area contributed by atoms with Crippen molar-refractivity contribution in [3.8, 4) is 11.3 Å². The summed E-state index contributed by atoms with van der Waals surface area (Å²) >= 11 is 0. The van der Waals surface area contributed by atoms with Crippen LogP contribution in [-0.4, -0.2) is 32.3 Å². The summed E-state index contributed by atoms with van der Waals surface area (Å²) in [4.78, 5) is 14.7. The number of aromatic nitrogens is 3. The van der Waals surface area contributed by atoms with Crippen molar-refractivity contribution in [2.45, 2.75) is 32.4 Å². The molecule has 4 rings (SSSR count). The predicted octanol–water partition coefficient (Wildman–Crippen LogP) is 3.35. The molecule has 0 fully saturated rings. The van der Waals surface area contributed by atoms with Gasteiger partial charge in [0.2, 0.25) is 5.91 Å². The number of rotatable bonds is 4. The number of fused-ring (bicyclic) bond motifs is 1. The fourth-order valence-electron chi connectivity index (χ4n) is 3.42. The molecule has 1 aliphatic heterocycles. The first-order valence-corrected chi connectivity index (χ1v) is 8.79. The van der Waals surface area contributed by atoms with E-state index in [1.807, 2.05) is 6.92 Å². The lowest BCUT2D eigenvalue weighted by molar-refractivity contribution is -0.136. The van der Waals surface area contributed by atoms with E-state index in [1.54, 1.807) is 28.0 Å². The third kappa shape index (κ3) is 3.11. The molecule has 0 spiro atoms. The Morgan fingerprint density at radius 3 is 2.89 bits per heavy atom. The van der Waals surface area contributed by atoms with E-state index >= 15 is 0 Å². The molecule has 1 amide bonds. The molecular weight excluding hydrogens is 354 g/mol. The van der Waals surface area contributed by atoms with E-state index < -0.39 is 11.6 Å². The topological polar surface area (TPSA) is 64.2 Å². The number of halogens is 2. The van der Waals surface area contributed by atoms with Gasteiger partial charge in [-0.15, -0.1) is 0 Å². The van der Waals surface area contributed by atoms with Gasteiger partial charge in [0.25, 0.3) is 0 Å². The Hall–Kier alpha value is -3.03. The van der Waals surface area contributed by atoms with Gasteiger partial charge in [-0.1, -0.05) is 12.1 Å². The Kier molecular flexibility index (Phi) is 4.47. The van der Waals surface area contributed by atoms with Crippen LogP contribution >= 0.6 is 0 Å². The SMILES string of the molecule is CC[C@H](C(=O)N1CCc2onc(-c3ccc(F)c(F)c3)c2C1)n1cccn1. The van der Waals surface area contributed by atoms with Gasteiger partial charge in [-0.2, -0.15) is 5.10 Å². The smallest absolute Gasteiger partial charge is 0.247 e. The van der Waals surface area contributed by atoms with Crippen LogP contribution in [0.15, 0.2) is 41.2 Å². The molecule has 27 heavy (non-hydrogen) atoms. The van der Waals surface area contributed by atoms with Crippen LogP contribution < -0.4 is 0 Å². The molecule has 1 aliphatic rings. The maximum absolute atomic E-state index is 13.6. The average molecular weight is 372 g/mol. The average Bonchev–Trinajstić information content (AvgIpc) is 3.34. The first-order valence-electron chi connectivity index (χ1n) is 8.79. The molecule has 0 N–H and O–H groups in total. The van der Waals surface area contributed by atoms with E-state index in [4.69, 9.17) is 4.52 Å². The highest BCUT2D eigenvalue weighted by Gasteiger charge is 2.31. The van der Waals surface area contributed by atoms with Crippen molar-refractivity contribution in [2.75, 3.05) is 6.54 Å². The molecular formula is C19H18F2N4O2. The zero-order valence-corrected chi connectivity index (χ0v) is 14.7. The molecule has 3 aromatic rings. The molecule has 140 valence electrons. The maximum Gasteiger partial charge on any atom is 0.247 e. The van der Waals surface area contributed by atoms with Crippen molar-refractivity contribution >= 4 is 5.91 Å². The molecule has 0 bridgehead atoms. The van der Waals surface area contributed by atoms with E-state index in [0.717, 1.165) is 17.7 Å². The van der Waals surface area contributed by atoms with Crippen molar-refractivity contribution in [1.29, 1.82) is 0 Å². The highest BCUT2D eigenvalue weighted by Crippen LogP contribution is 2.31. The Labute approximate surface area is 154 Å². The van der Waals surface area contributed by atoms with E-state index in [2.05, 4.69) is 10.3 Å². The van der Waals surface area contributed by atoms with Crippen LogP contribution in [0.2, 0.25) is 0 Å². The quantitative estimate of drug-likeness (QED) is 0.705. The first kappa shape index (κ1) is 17.4. The maximum atomic E-state index is 13.6. The van der Waals surface area contributed by atoms with Gasteiger partial charge in [0.1, 0.15) is 17.5 Å². The number of hydrogen-bond acceptors (Lipinski definition) is 4. The van der Waals surface area contributed by atoms with E-state index in [-0.39, 0.29) is 11.9 Å². The van der Waals surface area contributed by atoms with Crippen LogP contribution in [0.1, 0.15) is 30.7 Å². The van der Waals surface area contributed by atoms with Gasteiger partial charge in [0, 0.05) is 36.5 Å². The Bertz CT molecular complexity index is 968.